The smallest absolute Gasteiger partial charge is 0.240 e. The maximum absolute atomic E-state index is 13.8. The Morgan fingerprint density at radius 1 is 0.944 bits per heavy atom. The van der Waals surface area contributed by atoms with Crippen molar-refractivity contribution in [1.29, 1.82) is 0 Å². The van der Waals surface area contributed by atoms with Gasteiger partial charge in [-0.15, -0.1) is 0 Å². The Labute approximate surface area is 216 Å². The van der Waals surface area contributed by atoms with E-state index in [4.69, 9.17) is 9.16 Å². The quantitative estimate of drug-likeness (QED) is 0.461. The van der Waals surface area contributed by atoms with Crippen molar-refractivity contribution in [2.45, 2.75) is 44.6 Å². The van der Waals surface area contributed by atoms with Crippen molar-refractivity contribution < 1.29 is 18.7 Å². The van der Waals surface area contributed by atoms with Crippen molar-refractivity contribution in [2.75, 3.05) is 19.8 Å². The molecule has 0 spiro atoms. The van der Waals surface area contributed by atoms with Gasteiger partial charge in [0.05, 0.1) is 18.8 Å². The third-order valence-electron chi connectivity index (χ3n) is 8.40. The van der Waals surface area contributed by atoms with Crippen LogP contribution in [-0.2, 0) is 14.6 Å². The minimum atomic E-state index is -1.95. The summed E-state index contributed by atoms with van der Waals surface area (Å²) in [5.74, 6) is 0.184. The van der Waals surface area contributed by atoms with E-state index in [9.17, 15) is 9.50 Å². The second-order valence-electron chi connectivity index (χ2n) is 11.7. The molecule has 2 fully saturated rings. The maximum atomic E-state index is 13.8. The molecule has 2 aliphatic rings. The number of ether oxygens (including phenoxy) is 1. The number of hydrogen-bond donors (Lipinski definition) is 1. The lowest BCUT2D eigenvalue weighted by Crippen LogP contribution is -2.54. The lowest BCUT2D eigenvalue weighted by molar-refractivity contribution is -0.141. The zero-order valence-corrected chi connectivity index (χ0v) is 22.6. The van der Waals surface area contributed by atoms with Gasteiger partial charge in [0.15, 0.2) is 0 Å². The van der Waals surface area contributed by atoms with Gasteiger partial charge in [0, 0.05) is 12.0 Å². The zero-order valence-electron chi connectivity index (χ0n) is 21.5. The van der Waals surface area contributed by atoms with Crippen LogP contribution in [0.2, 0.25) is 0 Å². The fraction of sp³-hybridized carbons (Fsp3) is 0.419. The number of halogens is 1. The largest absolute Gasteiger partial charge is 0.408 e. The van der Waals surface area contributed by atoms with Gasteiger partial charge in [-0.1, -0.05) is 93.6 Å². The summed E-state index contributed by atoms with van der Waals surface area (Å²) in [6.45, 7) is 8.03. The molecule has 0 radical (unpaired) electrons. The van der Waals surface area contributed by atoms with Crippen LogP contribution in [0.25, 0.3) is 0 Å². The highest BCUT2D eigenvalue weighted by molar-refractivity contribution is 6.80. The second-order valence-corrected chi connectivity index (χ2v) is 14.1. The van der Waals surface area contributed by atoms with Crippen LogP contribution >= 0.6 is 0 Å². The van der Waals surface area contributed by atoms with Gasteiger partial charge < -0.3 is 14.3 Å². The van der Waals surface area contributed by atoms with Gasteiger partial charge in [0.1, 0.15) is 5.82 Å². The molecule has 3 aromatic carbocycles. The summed E-state index contributed by atoms with van der Waals surface area (Å²) < 4.78 is 27.6. The summed E-state index contributed by atoms with van der Waals surface area (Å²) >= 11 is 0. The Morgan fingerprint density at radius 3 is 2.06 bits per heavy atom. The molecule has 1 aliphatic carbocycles. The van der Waals surface area contributed by atoms with Gasteiger partial charge >= 0.3 is 0 Å². The monoisotopic (exact) mass is 504 g/mol. The summed E-state index contributed by atoms with van der Waals surface area (Å²) in [4.78, 5) is 0. The first-order valence-electron chi connectivity index (χ1n) is 13.0. The van der Waals surface area contributed by atoms with Gasteiger partial charge in [0.2, 0.25) is 9.04 Å². The number of aliphatic hydroxyl groups excluding tert-OH is 1. The summed E-state index contributed by atoms with van der Waals surface area (Å²) in [6.07, 6.45) is 1.52. The van der Waals surface area contributed by atoms with E-state index < -0.39 is 14.6 Å². The highest BCUT2D eigenvalue weighted by atomic mass is 28.3. The topological polar surface area (TPSA) is 38.7 Å². The van der Waals surface area contributed by atoms with Crippen molar-refractivity contribution >= 4 is 19.4 Å². The van der Waals surface area contributed by atoms with Crippen LogP contribution in [0.4, 0.5) is 4.39 Å². The lowest BCUT2D eigenvalue weighted by atomic mass is 9.62. The molecule has 1 N–H and O–H groups in total. The molecule has 3 aromatic rings. The minimum absolute atomic E-state index is 0.0536. The highest BCUT2D eigenvalue weighted by Crippen LogP contribution is 2.65. The fourth-order valence-corrected chi connectivity index (χ4v) is 9.60. The van der Waals surface area contributed by atoms with Gasteiger partial charge in [-0.3, -0.25) is 0 Å². The van der Waals surface area contributed by atoms with Crippen molar-refractivity contribution in [2.24, 2.45) is 17.3 Å². The normalized spacial score (nSPS) is 27.6. The molecule has 0 aromatic heterocycles. The SMILES string of the molecule is CC(C)(C)[C@H]1[C@H](CCO)[C@]2(c3ccc(F)cc3)CO[C@@]1(CO[SiH](c1ccccc1)c1ccccc1)C2. The second kappa shape index (κ2) is 9.86. The molecule has 36 heavy (non-hydrogen) atoms. The van der Waals surface area contributed by atoms with Gasteiger partial charge in [-0.25, -0.2) is 4.39 Å². The number of fused-ring (bicyclic) bond motifs is 2. The van der Waals surface area contributed by atoms with E-state index in [0.29, 0.717) is 19.6 Å². The molecule has 2 bridgehead atoms. The summed E-state index contributed by atoms with van der Waals surface area (Å²) in [5, 5.41) is 12.6. The van der Waals surface area contributed by atoms with E-state index >= 15 is 0 Å². The molecule has 5 heteroatoms. The van der Waals surface area contributed by atoms with Crippen molar-refractivity contribution in [3.05, 3.63) is 96.3 Å². The predicted octanol–water partition coefficient (Wildman–Crippen LogP) is 4.45. The van der Waals surface area contributed by atoms with E-state index in [1.807, 2.05) is 24.3 Å². The molecule has 3 nitrogen and oxygen atoms in total. The van der Waals surface area contributed by atoms with Gasteiger partial charge in [-0.2, -0.15) is 0 Å². The van der Waals surface area contributed by atoms with Crippen molar-refractivity contribution in [1.82, 2.24) is 0 Å². The molecular formula is C31H37FO3Si. The Hall–Kier alpha value is -2.31. The fourth-order valence-electron chi connectivity index (χ4n) is 7.24. The Balaban J connectivity index is 1.53. The van der Waals surface area contributed by atoms with Gasteiger partial charge in [-0.05, 0) is 58.2 Å². The molecule has 1 aliphatic heterocycles. The molecule has 0 amide bonds. The number of benzene rings is 3. The lowest BCUT2D eigenvalue weighted by Gasteiger charge is -2.49. The number of hydrogen-bond acceptors (Lipinski definition) is 3. The van der Waals surface area contributed by atoms with Crippen LogP contribution < -0.4 is 10.4 Å². The zero-order chi connectivity index (χ0) is 25.4. The van der Waals surface area contributed by atoms with Crippen LogP contribution in [0.15, 0.2) is 84.9 Å². The van der Waals surface area contributed by atoms with E-state index in [2.05, 4.69) is 69.3 Å². The molecule has 5 rings (SSSR count). The average molecular weight is 505 g/mol. The van der Waals surface area contributed by atoms with Gasteiger partial charge in [0.25, 0.3) is 0 Å². The van der Waals surface area contributed by atoms with Crippen molar-refractivity contribution in [3.8, 4) is 0 Å². The Kier molecular flexibility index (Phi) is 6.94. The first-order valence-corrected chi connectivity index (χ1v) is 14.6. The third kappa shape index (κ3) is 4.47. The number of aliphatic hydroxyl groups is 1. The van der Waals surface area contributed by atoms with Crippen LogP contribution in [0, 0.1) is 23.1 Å². The molecule has 1 saturated carbocycles. The Morgan fingerprint density at radius 2 is 1.53 bits per heavy atom. The predicted molar refractivity (Wildman–Crippen MR) is 145 cm³/mol. The highest BCUT2D eigenvalue weighted by Gasteiger charge is 2.69. The molecule has 0 unspecified atom stereocenters. The molecule has 1 heterocycles. The van der Waals surface area contributed by atoms with E-state index in [0.717, 1.165) is 12.0 Å². The molecule has 1 saturated heterocycles. The standard InChI is InChI=1S/C31H37FO3Si/c1-29(2,3)28-27(18-19-33)30(23-14-16-24(32)17-15-23)20-31(28,34-21-30)22-35-36(25-10-6-4-7-11-25)26-12-8-5-9-13-26/h4-17,27-28,33,36H,18-22H2,1-3H3/t27-,28+,30-,31+/m0/s1. The van der Waals surface area contributed by atoms with Crippen LogP contribution in [-0.4, -0.2) is 39.6 Å². The first kappa shape index (κ1) is 25.3. The van der Waals surface area contributed by atoms with E-state index in [-0.39, 0.29) is 35.1 Å². The third-order valence-corrected chi connectivity index (χ3v) is 10.9. The molecule has 4 atom stereocenters. The van der Waals surface area contributed by atoms with E-state index in [1.54, 1.807) is 12.1 Å². The summed E-state index contributed by atoms with van der Waals surface area (Å²) in [7, 11) is -1.95. The molecular weight excluding hydrogens is 467 g/mol. The van der Waals surface area contributed by atoms with Crippen LogP contribution in [0.5, 0.6) is 0 Å². The summed E-state index contributed by atoms with van der Waals surface area (Å²) in [5.41, 5.74) is 0.341. The Bertz CT molecular complexity index is 1110. The van der Waals surface area contributed by atoms with Crippen molar-refractivity contribution in [3.63, 3.8) is 0 Å². The molecule has 190 valence electrons. The minimum Gasteiger partial charge on any atom is -0.408 e. The van der Waals surface area contributed by atoms with E-state index in [1.165, 1.54) is 10.4 Å². The van der Waals surface area contributed by atoms with Crippen LogP contribution in [0.1, 0.15) is 39.2 Å². The average Bonchev–Trinajstić information content (AvgIpc) is 3.39. The first-order chi connectivity index (χ1) is 17.3. The maximum Gasteiger partial charge on any atom is 0.240 e. The number of rotatable bonds is 8. The summed E-state index contributed by atoms with van der Waals surface area (Å²) in [6, 6.07) is 28.0. The van der Waals surface area contributed by atoms with Crippen LogP contribution in [0.3, 0.4) is 0 Å².